The van der Waals surface area contributed by atoms with Gasteiger partial charge in [-0.3, -0.25) is 10.4 Å². The zero-order valence-corrected chi connectivity index (χ0v) is 8.78. The zero-order chi connectivity index (χ0) is 10.4. The number of hydrogen-bond donors (Lipinski definition) is 1. The summed E-state index contributed by atoms with van der Waals surface area (Å²) in [6.07, 6.45) is 3.26. The predicted molar refractivity (Wildman–Crippen MR) is 62.4 cm³/mol. The maximum absolute atomic E-state index is 4.01. The van der Waals surface area contributed by atoms with Gasteiger partial charge in [0.15, 0.2) is 0 Å². The third-order valence-corrected chi connectivity index (χ3v) is 2.08. The molecule has 74 valence electrons. The van der Waals surface area contributed by atoms with Gasteiger partial charge in [-0.1, -0.05) is 12.1 Å². The topological polar surface area (TPSA) is 36.8 Å². The van der Waals surface area contributed by atoms with Crippen molar-refractivity contribution in [3.63, 3.8) is 0 Å². The lowest BCUT2D eigenvalue weighted by Crippen LogP contribution is -1.94. The zero-order valence-electron chi connectivity index (χ0n) is 8.78. The van der Waals surface area contributed by atoms with Gasteiger partial charge in [0.2, 0.25) is 0 Å². The minimum absolute atomic E-state index is 1.03. The highest BCUT2D eigenvalue weighted by molar-refractivity contribution is 6.16. The summed E-state index contributed by atoms with van der Waals surface area (Å²) < 4.78 is 0. The number of anilines is 1. The summed E-state index contributed by atoms with van der Waals surface area (Å²) >= 11 is 0. The van der Waals surface area contributed by atoms with Crippen LogP contribution in [-0.4, -0.2) is 19.5 Å². The van der Waals surface area contributed by atoms with Crippen molar-refractivity contribution in [2.45, 2.75) is 13.8 Å². The lowest BCUT2D eigenvalue weighted by molar-refractivity contribution is 1.27. The fraction of sp³-hybridized carbons (Fsp3) is 0.273. The van der Waals surface area contributed by atoms with Gasteiger partial charge >= 0.3 is 0 Å². The Morgan fingerprint density at radius 3 is 2.71 bits per heavy atom. The molecule has 1 aromatic rings. The van der Waals surface area contributed by atoms with Crippen LogP contribution in [0.2, 0.25) is 0 Å². The van der Waals surface area contributed by atoms with Crippen LogP contribution >= 0.6 is 0 Å². The molecule has 3 nitrogen and oxygen atoms in total. The van der Waals surface area contributed by atoms with Gasteiger partial charge in [-0.05, 0) is 31.0 Å². The van der Waals surface area contributed by atoms with Crippen LogP contribution in [0.3, 0.4) is 0 Å². The highest BCUT2D eigenvalue weighted by Crippen LogP contribution is 2.17. The number of benzene rings is 1. The molecular formula is C11H15N3. The van der Waals surface area contributed by atoms with Crippen LogP contribution in [0, 0.1) is 13.8 Å². The molecular weight excluding hydrogens is 174 g/mol. The number of hydrogen-bond acceptors (Lipinski definition) is 3. The summed E-state index contributed by atoms with van der Waals surface area (Å²) in [4.78, 5) is 3.79. The second kappa shape index (κ2) is 5.17. The van der Waals surface area contributed by atoms with E-state index in [2.05, 4.69) is 35.4 Å². The summed E-state index contributed by atoms with van der Waals surface area (Å²) in [7, 11) is 1.71. The quantitative estimate of drug-likeness (QED) is 0.575. The lowest BCUT2D eigenvalue weighted by Gasteiger charge is -2.06. The van der Waals surface area contributed by atoms with Crippen molar-refractivity contribution < 1.29 is 0 Å². The minimum Gasteiger partial charge on any atom is -0.295 e. The molecule has 0 unspecified atom stereocenters. The molecule has 0 fully saturated rings. The van der Waals surface area contributed by atoms with Crippen molar-refractivity contribution in [1.82, 2.24) is 0 Å². The first kappa shape index (κ1) is 10.4. The van der Waals surface area contributed by atoms with E-state index in [0.717, 1.165) is 5.69 Å². The average molecular weight is 189 g/mol. The van der Waals surface area contributed by atoms with E-state index in [4.69, 9.17) is 0 Å². The van der Waals surface area contributed by atoms with Crippen LogP contribution in [0.1, 0.15) is 11.1 Å². The third kappa shape index (κ3) is 2.69. The van der Waals surface area contributed by atoms with Crippen molar-refractivity contribution in [1.29, 1.82) is 0 Å². The highest BCUT2D eigenvalue weighted by Gasteiger charge is 1.97. The van der Waals surface area contributed by atoms with Gasteiger partial charge in [0.05, 0.1) is 11.9 Å². The third-order valence-electron chi connectivity index (χ3n) is 2.08. The molecule has 1 N–H and O–H groups in total. The number of aryl methyl sites for hydroxylation is 1. The smallest absolute Gasteiger partial charge is 0.0650 e. The molecule has 0 saturated carbocycles. The van der Waals surface area contributed by atoms with E-state index in [1.807, 2.05) is 12.1 Å². The highest BCUT2D eigenvalue weighted by atomic mass is 15.3. The van der Waals surface area contributed by atoms with Crippen molar-refractivity contribution in [2.24, 2.45) is 10.1 Å². The molecule has 0 aliphatic carbocycles. The first-order valence-corrected chi connectivity index (χ1v) is 4.51. The van der Waals surface area contributed by atoms with Crippen LogP contribution in [0.5, 0.6) is 0 Å². The van der Waals surface area contributed by atoms with Crippen molar-refractivity contribution in [3.8, 4) is 0 Å². The summed E-state index contributed by atoms with van der Waals surface area (Å²) in [6.45, 7) is 4.15. The standard InChI is InChI=1S/C11H15N3/c1-9-5-4-6-11(10(9)2)14-13-8-7-12-3/h4-8,14H,1-3H3/b12-7?,13-8-. The van der Waals surface area contributed by atoms with E-state index < -0.39 is 0 Å². The largest absolute Gasteiger partial charge is 0.295 e. The van der Waals surface area contributed by atoms with Crippen molar-refractivity contribution >= 4 is 18.1 Å². The Kier molecular flexibility index (Phi) is 3.85. The molecule has 1 rings (SSSR count). The molecule has 0 amide bonds. The molecule has 3 heteroatoms. The molecule has 0 spiro atoms. The SMILES string of the molecule is CN=C/C=N\Nc1cccc(C)c1C. The Labute approximate surface area is 84.6 Å². The molecule has 1 aromatic carbocycles. The average Bonchev–Trinajstić information content (AvgIpc) is 2.19. The summed E-state index contributed by atoms with van der Waals surface area (Å²) in [5, 5.41) is 4.01. The molecule has 14 heavy (non-hydrogen) atoms. The van der Waals surface area contributed by atoms with Gasteiger partial charge < -0.3 is 0 Å². The van der Waals surface area contributed by atoms with Crippen molar-refractivity contribution in [3.05, 3.63) is 29.3 Å². The van der Waals surface area contributed by atoms with E-state index >= 15 is 0 Å². The van der Waals surface area contributed by atoms with Gasteiger partial charge in [0.25, 0.3) is 0 Å². The lowest BCUT2D eigenvalue weighted by atomic mass is 10.1. The van der Waals surface area contributed by atoms with Crippen LogP contribution in [-0.2, 0) is 0 Å². The molecule has 0 aliphatic rings. The molecule has 0 heterocycles. The Hall–Kier alpha value is -1.64. The summed E-state index contributed by atoms with van der Waals surface area (Å²) in [6, 6.07) is 6.09. The van der Waals surface area contributed by atoms with Gasteiger partial charge in [-0.25, -0.2) is 0 Å². The maximum atomic E-state index is 4.01. The number of rotatable bonds is 3. The van der Waals surface area contributed by atoms with Gasteiger partial charge in [-0.2, -0.15) is 5.10 Å². The second-order valence-electron chi connectivity index (χ2n) is 3.04. The number of nitrogens with zero attached hydrogens (tertiary/aromatic N) is 2. The Bertz CT molecular complexity index is 354. The van der Waals surface area contributed by atoms with Gasteiger partial charge in [0, 0.05) is 13.3 Å². The number of aliphatic imine (C=N–C) groups is 1. The van der Waals surface area contributed by atoms with Crippen LogP contribution in [0.25, 0.3) is 0 Å². The molecule has 0 saturated heterocycles. The van der Waals surface area contributed by atoms with E-state index in [9.17, 15) is 0 Å². The number of hydrazone groups is 1. The second-order valence-corrected chi connectivity index (χ2v) is 3.04. The van der Waals surface area contributed by atoms with Crippen LogP contribution in [0.15, 0.2) is 28.3 Å². The first-order valence-electron chi connectivity index (χ1n) is 4.51. The van der Waals surface area contributed by atoms with Gasteiger partial charge in [-0.15, -0.1) is 0 Å². The molecule has 0 aromatic heterocycles. The normalized spacial score (nSPS) is 11.4. The van der Waals surface area contributed by atoms with Gasteiger partial charge in [0.1, 0.15) is 0 Å². The van der Waals surface area contributed by atoms with Crippen LogP contribution in [0.4, 0.5) is 5.69 Å². The molecule has 0 radical (unpaired) electrons. The maximum Gasteiger partial charge on any atom is 0.0650 e. The Morgan fingerprint density at radius 2 is 2.00 bits per heavy atom. The van der Waals surface area contributed by atoms with E-state index in [-0.39, 0.29) is 0 Å². The molecule has 0 bridgehead atoms. The van der Waals surface area contributed by atoms with E-state index in [1.54, 1.807) is 19.5 Å². The minimum atomic E-state index is 1.03. The van der Waals surface area contributed by atoms with Crippen LogP contribution < -0.4 is 5.43 Å². The fourth-order valence-electron chi connectivity index (χ4n) is 1.08. The Morgan fingerprint density at radius 1 is 1.21 bits per heavy atom. The Balaban J connectivity index is 2.72. The molecule has 0 atom stereocenters. The summed E-state index contributed by atoms with van der Waals surface area (Å²) in [5.41, 5.74) is 6.48. The monoisotopic (exact) mass is 189 g/mol. The van der Waals surface area contributed by atoms with E-state index in [1.165, 1.54) is 11.1 Å². The molecule has 0 aliphatic heterocycles. The van der Waals surface area contributed by atoms with E-state index in [0.29, 0.717) is 0 Å². The van der Waals surface area contributed by atoms with Crippen molar-refractivity contribution in [2.75, 3.05) is 12.5 Å². The fourth-order valence-corrected chi connectivity index (χ4v) is 1.08. The number of nitrogens with one attached hydrogen (secondary N) is 1. The predicted octanol–water partition coefficient (Wildman–Crippen LogP) is 2.40. The first-order chi connectivity index (χ1) is 6.75. The summed E-state index contributed by atoms with van der Waals surface area (Å²) in [5.74, 6) is 0.